The number of allylic oxidation sites excluding steroid dienone is 10. The number of carbonyl (C=O) groups is 3. The molecule has 0 fully saturated rings. The Morgan fingerprint density at radius 2 is 0.574 bits per heavy atom. The van der Waals surface area contributed by atoms with Gasteiger partial charge in [-0.1, -0.05) is 274 Å². The largest absolute Gasteiger partial charge is 0.462 e. The van der Waals surface area contributed by atoms with Crippen LogP contribution in [0.3, 0.4) is 0 Å². The molecular formula is C62H110O6. The zero-order chi connectivity index (χ0) is 49.3. The van der Waals surface area contributed by atoms with Gasteiger partial charge >= 0.3 is 17.9 Å². The third kappa shape index (κ3) is 54.1. The molecule has 0 aliphatic rings. The molecule has 68 heavy (non-hydrogen) atoms. The molecule has 0 N–H and O–H groups in total. The zero-order valence-electron chi connectivity index (χ0n) is 45.1. The van der Waals surface area contributed by atoms with E-state index < -0.39 is 6.10 Å². The summed E-state index contributed by atoms with van der Waals surface area (Å²) in [5.41, 5.74) is 0. The van der Waals surface area contributed by atoms with Crippen molar-refractivity contribution in [3.8, 4) is 0 Å². The minimum atomic E-state index is -0.769. The van der Waals surface area contributed by atoms with Crippen molar-refractivity contribution in [2.24, 2.45) is 0 Å². The van der Waals surface area contributed by atoms with Crippen molar-refractivity contribution < 1.29 is 28.6 Å². The normalized spacial score (nSPS) is 12.5. The molecule has 0 heterocycles. The minimum absolute atomic E-state index is 0.0724. The van der Waals surface area contributed by atoms with E-state index in [1.165, 1.54) is 161 Å². The lowest BCUT2D eigenvalue weighted by Crippen LogP contribution is -2.30. The number of carbonyl (C=O) groups excluding carboxylic acids is 3. The Labute approximate surface area is 421 Å². The summed E-state index contributed by atoms with van der Waals surface area (Å²) in [6, 6.07) is 0. The lowest BCUT2D eigenvalue weighted by molar-refractivity contribution is -0.167. The van der Waals surface area contributed by atoms with Gasteiger partial charge in [0.15, 0.2) is 6.10 Å². The van der Waals surface area contributed by atoms with Gasteiger partial charge in [0.05, 0.1) is 0 Å². The molecule has 0 rings (SSSR count). The van der Waals surface area contributed by atoms with Crippen LogP contribution in [-0.2, 0) is 28.6 Å². The summed E-state index contributed by atoms with van der Waals surface area (Å²) >= 11 is 0. The molecule has 0 saturated carbocycles. The maximum absolute atomic E-state index is 12.8. The first-order chi connectivity index (χ1) is 33.5. The molecule has 1 unspecified atom stereocenters. The molecule has 0 amide bonds. The highest BCUT2D eigenvalue weighted by molar-refractivity contribution is 5.71. The molecule has 394 valence electrons. The van der Waals surface area contributed by atoms with E-state index in [1.807, 2.05) is 0 Å². The van der Waals surface area contributed by atoms with E-state index in [2.05, 4.69) is 81.5 Å². The summed E-state index contributed by atoms with van der Waals surface area (Å²) < 4.78 is 16.7. The Hall–Kier alpha value is -2.89. The monoisotopic (exact) mass is 951 g/mol. The lowest BCUT2D eigenvalue weighted by atomic mass is 10.0. The predicted octanol–water partition coefficient (Wildman–Crippen LogP) is 19.6. The molecule has 1 atom stereocenters. The Morgan fingerprint density at radius 3 is 0.897 bits per heavy atom. The van der Waals surface area contributed by atoms with Gasteiger partial charge in [-0.3, -0.25) is 14.4 Å². The van der Waals surface area contributed by atoms with Gasteiger partial charge in [0.25, 0.3) is 0 Å². The third-order valence-corrected chi connectivity index (χ3v) is 12.8. The molecule has 6 heteroatoms. The van der Waals surface area contributed by atoms with Crippen LogP contribution in [0, 0.1) is 0 Å². The summed E-state index contributed by atoms with van der Waals surface area (Å²) in [5.74, 6) is -0.876. The van der Waals surface area contributed by atoms with Crippen LogP contribution in [0.2, 0.25) is 0 Å². The SMILES string of the molecule is CC/C=C\C/C=C\C/C=C\C/C=C\C/C=C\CCCCCCCCCCCCCC(=O)OCC(COC(=O)CCCCCCC)OC(=O)CCCCCCCCCCCCCCCCCCCC. The minimum Gasteiger partial charge on any atom is -0.462 e. The van der Waals surface area contributed by atoms with Crippen molar-refractivity contribution in [3.05, 3.63) is 60.8 Å². The standard InChI is InChI=1S/C62H110O6/c1-4-7-10-13-15-17-19-21-23-25-27-28-29-30-31-32-33-34-35-37-38-40-42-44-46-49-52-55-61(64)67-58-59(57-66-60(63)54-51-48-12-9-6-3)68-62(65)56-53-50-47-45-43-41-39-36-26-24-22-20-18-16-14-11-8-5-2/h7,10,15,17,21,23,27-28,30-31,59H,4-6,8-9,11-14,16,18-20,22,24-26,29,32-58H2,1-3H3/b10-7-,17-15-,23-21-,28-27-,31-30-. The molecule has 0 aliphatic heterocycles. The Bertz CT molecular complexity index is 1230. The van der Waals surface area contributed by atoms with Crippen molar-refractivity contribution in [2.75, 3.05) is 13.2 Å². The van der Waals surface area contributed by atoms with Gasteiger partial charge in [-0.05, 0) is 64.2 Å². The third-order valence-electron chi connectivity index (χ3n) is 12.8. The quantitative estimate of drug-likeness (QED) is 0.0262. The Kier molecular flexibility index (Phi) is 54.3. The molecular weight excluding hydrogens is 841 g/mol. The van der Waals surface area contributed by atoms with Gasteiger partial charge in [0.1, 0.15) is 13.2 Å². The van der Waals surface area contributed by atoms with Crippen LogP contribution < -0.4 is 0 Å². The first-order valence-corrected chi connectivity index (χ1v) is 29.3. The van der Waals surface area contributed by atoms with Gasteiger partial charge in [-0.25, -0.2) is 0 Å². The number of unbranched alkanes of at least 4 members (excludes halogenated alkanes) is 32. The molecule has 0 aromatic rings. The van der Waals surface area contributed by atoms with Crippen LogP contribution in [0.5, 0.6) is 0 Å². The summed E-state index contributed by atoms with van der Waals surface area (Å²) in [6.45, 7) is 6.47. The lowest BCUT2D eigenvalue weighted by Gasteiger charge is -2.18. The fraction of sp³-hybridized carbons (Fsp3) is 0.790. The molecule has 0 bridgehead atoms. The number of ether oxygens (including phenoxy) is 3. The van der Waals surface area contributed by atoms with Gasteiger partial charge in [-0.2, -0.15) is 0 Å². The summed E-state index contributed by atoms with van der Waals surface area (Å²) in [5, 5.41) is 0. The molecule has 0 radical (unpaired) electrons. The first kappa shape index (κ1) is 65.1. The van der Waals surface area contributed by atoms with Crippen LogP contribution >= 0.6 is 0 Å². The van der Waals surface area contributed by atoms with Gasteiger partial charge in [0, 0.05) is 19.3 Å². The van der Waals surface area contributed by atoms with E-state index >= 15 is 0 Å². The molecule has 0 aromatic heterocycles. The highest BCUT2D eigenvalue weighted by Crippen LogP contribution is 2.17. The summed E-state index contributed by atoms with van der Waals surface area (Å²) in [6.07, 6.45) is 71.2. The number of esters is 3. The maximum atomic E-state index is 12.8. The Morgan fingerprint density at radius 1 is 0.309 bits per heavy atom. The molecule has 0 aromatic carbocycles. The smallest absolute Gasteiger partial charge is 0.306 e. The topological polar surface area (TPSA) is 78.9 Å². The van der Waals surface area contributed by atoms with E-state index in [-0.39, 0.29) is 31.1 Å². The fourth-order valence-electron chi connectivity index (χ4n) is 8.41. The second-order valence-electron chi connectivity index (χ2n) is 19.5. The zero-order valence-corrected chi connectivity index (χ0v) is 45.1. The van der Waals surface area contributed by atoms with Crippen molar-refractivity contribution in [1.29, 1.82) is 0 Å². The molecule has 0 aliphatic carbocycles. The predicted molar refractivity (Wildman–Crippen MR) is 293 cm³/mol. The van der Waals surface area contributed by atoms with E-state index in [4.69, 9.17) is 14.2 Å². The van der Waals surface area contributed by atoms with Crippen LogP contribution in [-0.4, -0.2) is 37.2 Å². The highest BCUT2D eigenvalue weighted by atomic mass is 16.6. The Balaban J connectivity index is 4.05. The summed E-state index contributed by atoms with van der Waals surface area (Å²) in [4.78, 5) is 37.8. The van der Waals surface area contributed by atoms with Crippen molar-refractivity contribution in [1.82, 2.24) is 0 Å². The molecule has 0 saturated heterocycles. The second-order valence-corrected chi connectivity index (χ2v) is 19.5. The van der Waals surface area contributed by atoms with E-state index in [1.54, 1.807) is 0 Å². The van der Waals surface area contributed by atoms with Crippen molar-refractivity contribution >= 4 is 17.9 Å². The van der Waals surface area contributed by atoms with Crippen molar-refractivity contribution in [2.45, 2.75) is 303 Å². The molecule has 0 spiro atoms. The number of rotatable bonds is 53. The average molecular weight is 952 g/mol. The number of hydrogen-bond acceptors (Lipinski definition) is 6. The van der Waals surface area contributed by atoms with Gasteiger partial charge in [-0.15, -0.1) is 0 Å². The summed E-state index contributed by atoms with van der Waals surface area (Å²) in [7, 11) is 0. The second kappa shape index (κ2) is 56.7. The van der Waals surface area contributed by atoms with Crippen LogP contribution in [0.1, 0.15) is 297 Å². The fourth-order valence-corrected chi connectivity index (χ4v) is 8.41. The van der Waals surface area contributed by atoms with E-state index in [0.29, 0.717) is 19.3 Å². The van der Waals surface area contributed by atoms with E-state index in [9.17, 15) is 14.4 Å². The highest BCUT2D eigenvalue weighted by Gasteiger charge is 2.19. The van der Waals surface area contributed by atoms with Crippen LogP contribution in [0.4, 0.5) is 0 Å². The van der Waals surface area contributed by atoms with Gasteiger partial charge < -0.3 is 14.2 Å². The van der Waals surface area contributed by atoms with Crippen LogP contribution in [0.15, 0.2) is 60.8 Å². The maximum Gasteiger partial charge on any atom is 0.306 e. The van der Waals surface area contributed by atoms with Gasteiger partial charge in [0.2, 0.25) is 0 Å². The van der Waals surface area contributed by atoms with E-state index in [0.717, 1.165) is 96.3 Å². The first-order valence-electron chi connectivity index (χ1n) is 29.3. The van der Waals surface area contributed by atoms with Crippen LogP contribution in [0.25, 0.3) is 0 Å². The van der Waals surface area contributed by atoms with Crippen molar-refractivity contribution in [3.63, 3.8) is 0 Å². The number of hydrogen-bond donors (Lipinski definition) is 0. The molecule has 6 nitrogen and oxygen atoms in total. The average Bonchev–Trinajstić information content (AvgIpc) is 3.34.